The molecule has 0 aliphatic carbocycles. The fraction of sp³-hybridized carbons (Fsp3) is 0.161. The Balaban J connectivity index is 1.52. The van der Waals surface area contributed by atoms with Gasteiger partial charge in [0.1, 0.15) is 6.04 Å². The molecule has 4 aromatic rings. The third-order valence-electron chi connectivity index (χ3n) is 5.91. The Labute approximate surface area is 217 Å². The van der Waals surface area contributed by atoms with E-state index < -0.39 is 6.04 Å². The topological polar surface area (TPSA) is 83.4 Å². The number of benzene rings is 4. The number of anilines is 1. The van der Waals surface area contributed by atoms with Crippen molar-refractivity contribution in [1.82, 2.24) is 5.32 Å². The van der Waals surface area contributed by atoms with Crippen molar-refractivity contribution < 1.29 is 14.3 Å². The molecule has 0 fully saturated rings. The third kappa shape index (κ3) is 7.12. The molecule has 0 aliphatic rings. The van der Waals surface area contributed by atoms with Gasteiger partial charge < -0.3 is 20.1 Å². The number of amides is 1. The first kappa shape index (κ1) is 25.3. The van der Waals surface area contributed by atoms with Crippen LogP contribution in [0.15, 0.2) is 103 Å². The van der Waals surface area contributed by atoms with E-state index in [2.05, 4.69) is 28.8 Å². The van der Waals surface area contributed by atoms with Gasteiger partial charge in [-0.2, -0.15) is 5.26 Å². The Kier molecular flexibility index (Phi) is 8.77. The molecule has 0 saturated carbocycles. The normalized spacial score (nSPS) is 11.1. The quantitative estimate of drug-likeness (QED) is 0.283. The number of carbonyl (C=O) groups excluding carboxylic acids is 1. The predicted octanol–water partition coefficient (Wildman–Crippen LogP) is 5.66. The fourth-order valence-corrected chi connectivity index (χ4v) is 3.90. The zero-order chi connectivity index (χ0) is 25.9. The zero-order valence-electron chi connectivity index (χ0n) is 20.7. The van der Waals surface area contributed by atoms with Crippen LogP contribution in [-0.4, -0.2) is 19.6 Å². The monoisotopic (exact) mass is 491 g/mol. The van der Waals surface area contributed by atoms with Crippen LogP contribution in [0.1, 0.15) is 28.3 Å². The summed E-state index contributed by atoms with van der Waals surface area (Å²) in [5, 5.41) is 15.4. The van der Waals surface area contributed by atoms with Gasteiger partial charge in [-0.05, 0) is 53.1 Å². The maximum Gasteiger partial charge on any atom is 0.247 e. The van der Waals surface area contributed by atoms with Gasteiger partial charge in [0.15, 0.2) is 11.5 Å². The van der Waals surface area contributed by atoms with Crippen molar-refractivity contribution in [1.29, 1.82) is 5.26 Å². The van der Waals surface area contributed by atoms with Crippen LogP contribution in [0.4, 0.5) is 5.69 Å². The molecule has 0 aromatic heterocycles. The minimum atomic E-state index is -0.691. The number of ether oxygens (including phenoxy) is 2. The van der Waals surface area contributed by atoms with Gasteiger partial charge in [0, 0.05) is 18.7 Å². The summed E-state index contributed by atoms with van der Waals surface area (Å²) in [6.45, 7) is 0.910. The highest BCUT2D eigenvalue weighted by molar-refractivity contribution is 5.86. The van der Waals surface area contributed by atoms with Crippen molar-refractivity contribution in [2.45, 2.75) is 19.0 Å². The average molecular weight is 492 g/mol. The summed E-state index contributed by atoms with van der Waals surface area (Å²) < 4.78 is 11.6. The summed E-state index contributed by atoms with van der Waals surface area (Å²) in [6.07, 6.45) is 0.774. The number of nitrogens with one attached hydrogen (secondary N) is 2. The number of nitrogens with zero attached hydrogens (tertiary/aromatic N) is 1. The van der Waals surface area contributed by atoms with Crippen LogP contribution in [-0.2, 0) is 17.8 Å². The maximum absolute atomic E-state index is 13.4. The van der Waals surface area contributed by atoms with Crippen LogP contribution >= 0.6 is 0 Å². The Morgan fingerprint density at radius 2 is 1.54 bits per heavy atom. The van der Waals surface area contributed by atoms with Gasteiger partial charge in [0.25, 0.3) is 0 Å². The first-order valence-electron chi connectivity index (χ1n) is 12.1. The second kappa shape index (κ2) is 12.8. The molecule has 1 amide bonds. The number of methoxy groups -OCH3 is 1. The fourth-order valence-electron chi connectivity index (χ4n) is 3.90. The van der Waals surface area contributed by atoms with Crippen molar-refractivity contribution in [2.24, 2.45) is 0 Å². The molecule has 4 rings (SSSR count). The Hall–Kier alpha value is -4.76. The van der Waals surface area contributed by atoms with Crippen LogP contribution < -0.4 is 20.1 Å². The van der Waals surface area contributed by atoms with Gasteiger partial charge in [0.2, 0.25) is 5.91 Å². The highest BCUT2D eigenvalue weighted by atomic mass is 16.5. The van der Waals surface area contributed by atoms with E-state index in [0.717, 1.165) is 23.2 Å². The minimum absolute atomic E-state index is 0.187. The van der Waals surface area contributed by atoms with Crippen LogP contribution in [0.25, 0.3) is 0 Å². The highest BCUT2D eigenvalue weighted by Gasteiger charge is 2.22. The van der Waals surface area contributed by atoms with E-state index in [1.54, 1.807) is 31.4 Å². The van der Waals surface area contributed by atoms with E-state index in [-0.39, 0.29) is 5.91 Å². The molecular formula is C31H29N3O3. The SMILES string of the molecule is COc1cc(C(Nc2ccc(C#N)cc2)C(=O)NCc2ccccc2)ccc1OCCc1ccccc1. The third-order valence-corrected chi connectivity index (χ3v) is 5.91. The smallest absolute Gasteiger partial charge is 0.247 e. The summed E-state index contributed by atoms with van der Waals surface area (Å²) in [4.78, 5) is 13.4. The van der Waals surface area contributed by atoms with E-state index in [4.69, 9.17) is 14.7 Å². The van der Waals surface area contributed by atoms with Crippen LogP contribution in [0.5, 0.6) is 11.5 Å². The van der Waals surface area contributed by atoms with E-state index in [1.807, 2.05) is 66.7 Å². The lowest BCUT2D eigenvalue weighted by Gasteiger charge is -2.21. The van der Waals surface area contributed by atoms with Crippen molar-refractivity contribution >= 4 is 11.6 Å². The molecule has 6 heteroatoms. The molecule has 6 nitrogen and oxygen atoms in total. The second-order valence-electron chi connectivity index (χ2n) is 8.46. The second-order valence-corrected chi connectivity index (χ2v) is 8.46. The van der Waals surface area contributed by atoms with Crippen molar-refractivity contribution in [2.75, 3.05) is 19.0 Å². The summed E-state index contributed by atoms with van der Waals surface area (Å²) in [5.74, 6) is 0.977. The molecule has 2 N–H and O–H groups in total. The summed E-state index contributed by atoms with van der Waals surface area (Å²) >= 11 is 0. The van der Waals surface area contributed by atoms with Crippen molar-refractivity contribution in [3.63, 3.8) is 0 Å². The van der Waals surface area contributed by atoms with Gasteiger partial charge in [-0.25, -0.2) is 0 Å². The molecule has 1 atom stereocenters. The van der Waals surface area contributed by atoms with Crippen molar-refractivity contribution in [3.8, 4) is 17.6 Å². The van der Waals surface area contributed by atoms with Gasteiger partial charge in [0.05, 0.1) is 25.3 Å². The van der Waals surface area contributed by atoms with Gasteiger partial charge in [-0.3, -0.25) is 4.79 Å². The Morgan fingerprint density at radius 1 is 0.865 bits per heavy atom. The summed E-state index contributed by atoms with van der Waals surface area (Å²) in [6, 6.07) is 33.8. The van der Waals surface area contributed by atoms with Gasteiger partial charge >= 0.3 is 0 Å². The van der Waals surface area contributed by atoms with Gasteiger partial charge in [-0.15, -0.1) is 0 Å². The maximum atomic E-state index is 13.4. The zero-order valence-corrected chi connectivity index (χ0v) is 20.7. The predicted molar refractivity (Wildman–Crippen MR) is 144 cm³/mol. The average Bonchev–Trinajstić information content (AvgIpc) is 2.96. The summed E-state index contributed by atoms with van der Waals surface area (Å²) in [5.41, 5.74) is 4.20. The number of rotatable bonds is 11. The number of hydrogen-bond donors (Lipinski definition) is 2. The molecule has 0 radical (unpaired) electrons. The lowest BCUT2D eigenvalue weighted by atomic mass is 10.0. The Bertz CT molecular complexity index is 1330. The van der Waals surface area contributed by atoms with Crippen LogP contribution in [0.2, 0.25) is 0 Å². The van der Waals surface area contributed by atoms with E-state index in [9.17, 15) is 4.79 Å². The highest BCUT2D eigenvalue weighted by Crippen LogP contribution is 2.32. The molecule has 37 heavy (non-hydrogen) atoms. The molecule has 0 bridgehead atoms. The Morgan fingerprint density at radius 3 is 2.19 bits per heavy atom. The molecule has 0 saturated heterocycles. The van der Waals surface area contributed by atoms with E-state index >= 15 is 0 Å². The van der Waals surface area contributed by atoms with Crippen molar-refractivity contribution in [3.05, 3.63) is 125 Å². The number of carbonyl (C=O) groups is 1. The molecular weight excluding hydrogens is 462 g/mol. The largest absolute Gasteiger partial charge is 0.493 e. The summed E-state index contributed by atoms with van der Waals surface area (Å²) in [7, 11) is 1.59. The van der Waals surface area contributed by atoms with Gasteiger partial charge in [-0.1, -0.05) is 66.7 Å². The molecule has 4 aromatic carbocycles. The first-order valence-corrected chi connectivity index (χ1v) is 12.1. The van der Waals surface area contributed by atoms with Crippen LogP contribution in [0, 0.1) is 11.3 Å². The lowest BCUT2D eigenvalue weighted by Crippen LogP contribution is -2.33. The molecule has 0 aliphatic heterocycles. The molecule has 0 spiro atoms. The van der Waals surface area contributed by atoms with E-state index in [0.29, 0.717) is 30.2 Å². The minimum Gasteiger partial charge on any atom is -0.493 e. The lowest BCUT2D eigenvalue weighted by molar-refractivity contribution is -0.122. The van der Waals surface area contributed by atoms with Crippen LogP contribution in [0.3, 0.4) is 0 Å². The van der Waals surface area contributed by atoms with E-state index in [1.165, 1.54) is 5.56 Å². The standard InChI is InChI=1S/C31H29N3O3/c1-36-29-20-26(14-17-28(29)37-19-18-23-8-4-2-5-9-23)30(34-27-15-12-24(21-32)13-16-27)31(35)33-22-25-10-6-3-7-11-25/h2-17,20,30,34H,18-19,22H2,1H3,(H,33,35). The first-order chi connectivity index (χ1) is 18.2. The molecule has 1 unspecified atom stereocenters. The molecule has 0 heterocycles. The molecule has 186 valence electrons. The number of nitriles is 1. The number of hydrogen-bond acceptors (Lipinski definition) is 5.